The van der Waals surface area contributed by atoms with E-state index in [2.05, 4.69) is 4.99 Å². The van der Waals surface area contributed by atoms with Crippen LogP contribution in [0.5, 0.6) is 0 Å². The first-order valence-electron chi connectivity index (χ1n) is 13.5. The van der Waals surface area contributed by atoms with Crippen molar-refractivity contribution in [3.05, 3.63) is 71.8 Å². The summed E-state index contributed by atoms with van der Waals surface area (Å²) < 4.78 is 22.8. The molecule has 0 aromatic heterocycles. The second-order valence-electron chi connectivity index (χ2n) is 10.6. The number of benzene rings is 2. The van der Waals surface area contributed by atoms with Crippen molar-refractivity contribution in [2.24, 2.45) is 4.99 Å². The number of aliphatic carboxylic acids is 1. The molecule has 4 aliphatic rings. The van der Waals surface area contributed by atoms with Crippen LogP contribution in [0.25, 0.3) is 0 Å². The number of carbonyl (C=O) groups is 1. The van der Waals surface area contributed by atoms with Crippen molar-refractivity contribution in [1.82, 2.24) is 0 Å². The van der Waals surface area contributed by atoms with Gasteiger partial charge < -0.3 is 24.1 Å². The number of carboxylic acid groups (broad SMARTS) is 1. The average Bonchev–Trinajstić information content (AvgIpc) is 3.62. The van der Waals surface area contributed by atoms with E-state index in [9.17, 15) is 14.7 Å². The Bertz CT molecular complexity index is 1040. The maximum absolute atomic E-state index is 11.8. The minimum absolute atomic E-state index is 0.434. The summed E-state index contributed by atoms with van der Waals surface area (Å²) in [6.45, 7) is 2.56. The maximum atomic E-state index is 11.8. The largest absolute Gasteiger partial charge is 0.481 e. The van der Waals surface area contributed by atoms with Gasteiger partial charge in [0, 0.05) is 25.7 Å². The second kappa shape index (κ2) is 11.1. The Kier molecular flexibility index (Phi) is 7.80. The predicted molar refractivity (Wildman–Crippen MR) is 138 cm³/mol. The molecule has 6 rings (SSSR count). The number of ether oxygens (including phenoxy) is 4. The number of rotatable bonds is 4. The minimum atomic E-state index is -0.790. The third kappa shape index (κ3) is 5.20. The van der Waals surface area contributed by atoms with Crippen molar-refractivity contribution in [1.29, 1.82) is 0 Å². The van der Waals surface area contributed by atoms with Crippen LogP contribution in [0.2, 0.25) is 0 Å². The highest BCUT2D eigenvalue weighted by molar-refractivity contribution is 5.81. The van der Waals surface area contributed by atoms with Crippen LogP contribution in [0, 0.1) is 0 Å². The van der Waals surface area contributed by atoms with Crippen LogP contribution in [0.15, 0.2) is 65.7 Å². The first kappa shape index (κ1) is 26.7. The van der Waals surface area contributed by atoms with Crippen molar-refractivity contribution in [3.8, 4) is 0 Å². The lowest BCUT2D eigenvalue weighted by atomic mass is 9.68. The van der Waals surface area contributed by atoms with E-state index in [0.29, 0.717) is 52.1 Å². The molecule has 0 bridgehead atoms. The fraction of sp³-hybridized carbons (Fsp3) is 0.533. The van der Waals surface area contributed by atoms with Crippen molar-refractivity contribution < 1.29 is 33.6 Å². The van der Waals surface area contributed by atoms with E-state index in [1.807, 2.05) is 60.7 Å². The Morgan fingerprint density at radius 2 is 1.08 bits per heavy atom. The van der Waals surface area contributed by atoms with Crippen molar-refractivity contribution in [2.45, 2.75) is 73.9 Å². The zero-order valence-electron chi connectivity index (χ0n) is 21.6. The van der Waals surface area contributed by atoms with Gasteiger partial charge in [-0.3, -0.25) is 4.79 Å². The number of hydrogen-bond acceptors (Lipinski definition) is 7. The number of isocyanates is 1. The van der Waals surface area contributed by atoms with Gasteiger partial charge in [-0.05, 0) is 36.8 Å². The zero-order chi connectivity index (χ0) is 26.5. The molecule has 8 nitrogen and oxygen atoms in total. The molecule has 2 saturated carbocycles. The van der Waals surface area contributed by atoms with Crippen LogP contribution in [0.3, 0.4) is 0 Å². The van der Waals surface area contributed by atoms with Gasteiger partial charge in [0.1, 0.15) is 0 Å². The van der Waals surface area contributed by atoms with E-state index >= 15 is 0 Å². The van der Waals surface area contributed by atoms with E-state index in [0.717, 1.165) is 36.8 Å². The molecule has 4 fully saturated rings. The Morgan fingerprint density at radius 1 is 0.658 bits per heavy atom. The molecule has 0 unspecified atom stereocenters. The van der Waals surface area contributed by atoms with Crippen LogP contribution < -0.4 is 0 Å². The summed E-state index contributed by atoms with van der Waals surface area (Å²) in [5.41, 5.74) is 0.715. The molecule has 0 radical (unpaired) electrons. The average molecular weight is 522 g/mol. The van der Waals surface area contributed by atoms with Gasteiger partial charge in [0.15, 0.2) is 11.6 Å². The minimum Gasteiger partial charge on any atom is -0.481 e. The summed E-state index contributed by atoms with van der Waals surface area (Å²) in [7, 11) is 0. The third-order valence-electron chi connectivity index (χ3n) is 8.64. The number of carboxylic acids is 1. The number of carbonyl (C=O) groups excluding carboxylic acids is 1. The predicted octanol–water partition coefficient (Wildman–Crippen LogP) is 4.86. The van der Waals surface area contributed by atoms with Crippen LogP contribution in [-0.2, 0) is 39.5 Å². The molecule has 2 aromatic carbocycles. The molecule has 8 heteroatoms. The number of aliphatic imine (C=N–C) groups is 1. The first-order valence-corrected chi connectivity index (χ1v) is 13.5. The van der Waals surface area contributed by atoms with E-state index in [-0.39, 0.29) is 0 Å². The molecule has 2 heterocycles. The Labute approximate surface area is 223 Å². The molecule has 2 saturated heterocycles. The summed E-state index contributed by atoms with van der Waals surface area (Å²) in [5, 5.41) is 9.69. The fourth-order valence-corrected chi connectivity index (χ4v) is 6.36. The van der Waals surface area contributed by atoms with Gasteiger partial charge in [0.2, 0.25) is 6.08 Å². The standard InChI is InChI=1S/C15H17NO3.C15H18O4/c17-12-16-14(13-4-2-1-3-5-13)6-8-15(9-7-14)18-10-11-19-15;16-13(17)14(12-4-2-1-3-5-12)6-8-15(9-7-14)18-10-11-19-15/h1-5H,6-11H2;1-5H,6-11H2,(H,16,17). The normalized spacial score (nSPS) is 26.7. The van der Waals surface area contributed by atoms with Crippen molar-refractivity contribution in [3.63, 3.8) is 0 Å². The molecule has 2 aliphatic carbocycles. The SMILES string of the molecule is O=C(O)C1(c2ccccc2)CCC2(CC1)OCCO2.O=C=NC1(c2ccccc2)CCC2(CC1)OCCO2. The van der Waals surface area contributed by atoms with E-state index in [1.165, 1.54) is 0 Å². The van der Waals surface area contributed by atoms with Gasteiger partial charge in [-0.1, -0.05) is 60.7 Å². The van der Waals surface area contributed by atoms with Crippen LogP contribution in [0.1, 0.15) is 62.5 Å². The van der Waals surface area contributed by atoms with Gasteiger partial charge in [-0.15, -0.1) is 0 Å². The maximum Gasteiger partial charge on any atom is 0.314 e. The summed E-state index contributed by atoms with van der Waals surface area (Å²) in [6, 6.07) is 19.5. The lowest BCUT2D eigenvalue weighted by Gasteiger charge is -2.41. The van der Waals surface area contributed by atoms with Gasteiger partial charge in [0.25, 0.3) is 0 Å². The molecule has 0 amide bonds. The molecule has 1 N–H and O–H groups in total. The highest BCUT2D eigenvalue weighted by Crippen LogP contribution is 2.48. The van der Waals surface area contributed by atoms with Crippen molar-refractivity contribution >= 4 is 12.0 Å². The van der Waals surface area contributed by atoms with Gasteiger partial charge >= 0.3 is 5.97 Å². The molecule has 202 valence electrons. The summed E-state index contributed by atoms with van der Waals surface area (Å²) in [5.74, 6) is -1.70. The molecular formula is C30H35NO7. The van der Waals surface area contributed by atoms with Crippen molar-refractivity contribution in [2.75, 3.05) is 26.4 Å². The third-order valence-corrected chi connectivity index (χ3v) is 8.64. The molecule has 38 heavy (non-hydrogen) atoms. The Morgan fingerprint density at radius 3 is 1.50 bits per heavy atom. The summed E-state index contributed by atoms with van der Waals surface area (Å²) >= 11 is 0. The summed E-state index contributed by atoms with van der Waals surface area (Å²) in [4.78, 5) is 26.7. The van der Waals surface area contributed by atoms with E-state index in [1.54, 1.807) is 6.08 Å². The molecule has 2 aromatic rings. The molecule has 2 spiro atoms. The highest BCUT2D eigenvalue weighted by Gasteiger charge is 2.51. The summed E-state index contributed by atoms with van der Waals surface area (Å²) in [6.07, 6.45) is 7.22. The topological polar surface area (TPSA) is 104 Å². The fourth-order valence-electron chi connectivity index (χ4n) is 6.36. The van der Waals surface area contributed by atoms with Gasteiger partial charge in [0.05, 0.1) is 37.4 Å². The van der Waals surface area contributed by atoms with Crippen LogP contribution >= 0.6 is 0 Å². The number of nitrogens with zero attached hydrogens (tertiary/aromatic N) is 1. The monoisotopic (exact) mass is 521 g/mol. The zero-order valence-corrected chi connectivity index (χ0v) is 21.6. The van der Waals surface area contributed by atoms with E-state index in [4.69, 9.17) is 18.9 Å². The molecule has 0 atom stereocenters. The quantitative estimate of drug-likeness (QED) is 0.453. The Hall–Kier alpha value is -2.87. The number of hydrogen-bond donors (Lipinski definition) is 1. The van der Waals surface area contributed by atoms with Crippen LogP contribution in [-0.4, -0.2) is 55.2 Å². The van der Waals surface area contributed by atoms with Crippen LogP contribution in [0.4, 0.5) is 0 Å². The van der Waals surface area contributed by atoms with E-state index < -0.39 is 28.5 Å². The molecular weight excluding hydrogens is 486 g/mol. The van der Waals surface area contributed by atoms with Gasteiger partial charge in [-0.25, -0.2) is 4.79 Å². The highest BCUT2D eigenvalue weighted by atomic mass is 16.7. The Balaban J connectivity index is 0.000000155. The second-order valence-corrected chi connectivity index (χ2v) is 10.6. The van der Waals surface area contributed by atoms with Gasteiger partial charge in [-0.2, -0.15) is 4.99 Å². The lowest BCUT2D eigenvalue weighted by molar-refractivity contribution is -0.189. The first-order chi connectivity index (χ1) is 18.5. The smallest absolute Gasteiger partial charge is 0.314 e. The lowest BCUT2D eigenvalue weighted by Crippen LogP contribution is -2.46. The molecule has 2 aliphatic heterocycles.